The van der Waals surface area contributed by atoms with Crippen LogP contribution in [0.15, 0.2) is 0 Å². The van der Waals surface area contributed by atoms with Gasteiger partial charge in [-0.25, -0.2) is 0 Å². The second-order valence-electron chi connectivity index (χ2n) is 2.78. The van der Waals surface area contributed by atoms with Crippen molar-refractivity contribution in [1.29, 1.82) is 0 Å². The van der Waals surface area contributed by atoms with E-state index in [4.69, 9.17) is 0 Å². The predicted molar refractivity (Wildman–Crippen MR) is 55.4 cm³/mol. The molecular weight excluding hydrogens is 154 g/mol. The molecule has 0 aliphatic rings. The van der Waals surface area contributed by atoms with Crippen LogP contribution in [0.5, 0.6) is 0 Å². The van der Waals surface area contributed by atoms with Crippen LogP contribution in [0.3, 0.4) is 0 Å². The molecule has 0 bridgehead atoms. The van der Waals surface area contributed by atoms with Gasteiger partial charge >= 0.3 is 0 Å². The summed E-state index contributed by atoms with van der Waals surface area (Å²) in [5.74, 6) is 1.31. The molecule has 0 amide bonds. The van der Waals surface area contributed by atoms with E-state index in [2.05, 4.69) is 25.0 Å². The lowest BCUT2D eigenvalue weighted by molar-refractivity contribution is 0.290. The maximum Gasteiger partial charge on any atom is -0.00110 e. The van der Waals surface area contributed by atoms with Crippen LogP contribution in [0, 0.1) is 0 Å². The third kappa shape index (κ3) is 6.70. The first-order valence-corrected chi connectivity index (χ1v) is 5.95. The Morgan fingerprint density at radius 1 is 1.18 bits per heavy atom. The third-order valence-corrected chi connectivity index (χ3v) is 2.51. The summed E-state index contributed by atoms with van der Waals surface area (Å²) in [6.07, 6.45) is 4.80. The van der Waals surface area contributed by atoms with Crippen LogP contribution in [0.25, 0.3) is 0 Å². The van der Waals surface area contributed by atoms with E-state index >= 15 is 0 Å². The molecule has 68 valence electrons. The first kappa shape index (κ1) is 11.3. The minimum absolute atomic E-state index is 1.21. The zero-order valence-corrected chi connectivity index (χ0v) is 8.91. The van der Waals surface area contributed by atoms with Crippen LogP contribution in [-0.4, -0.2) is 36.5 Å². The molecule has 2 heteroatoms. The summed E-state index contributed by atoms with van der Waals surface area (Å²) in [6, 6.07) is 0. The van der Waals surface area contributed by atoms with Crippen LogP contribution >= 0.6 is 11.8 Å². The van der Waals surface area contributed by atoms with Gasteiger partial charge in [0.25, 0.3) is 0 Å². The van der Waals surface area contributed by atoms with E-state index in [0.717, 1.165) is 0 Å². The highest BCUT2D eigenvalue weighted by Gasteiger charge is 1.98. The number of rotatable bonds is 7. The maximum atomic E-state index is 2.52. The van der Waals surface area contributed by atoms with Crippen molar-refractivity contribution in [2.75, 3.05) is 31.6 Å². The van der Waals surface area contributed by atoms with Gasteiger partial charge in [-0.15, -0.1) is 0 Å². The molecule has 0 aromatic rings. The Labute approximate surface area is 75.5 Å². The minimum atomic E-state index is 1.21. The monoisotopic (exact) mass is 175 g/mol. The van der Waals surface area contributed by atoms with Gasteiger partial charge in [0.15, 0.2) is 0 Å². The van der Waals surface area contributed by atoms with Crippen LogP contribution in [0.2, 0.25) is 0 Å². The van der Waals surface area contributed by atoms with E-state index in [1.165, 1.54) is 38.2 Å². The van der Waals surface area contributed by atoms with Gasteiger partial charge in [0, 0.05) is 0 Å². The second kappa shape index (κ2) is 8.41. The Bertz CT molecular complexity index is 76.0. The van der Waals surface area contributed by atoms with Crippen molar-refractivity contribution in [3.63, 3.8) is 0 Å². The van der Waals surface area contributed by atoms with Gasteiger partial charge in [0.2, 0.25) is 0 Å². The number of hydrogen-bond acceptors (Lipinski definition) is 2. The zero-order valence-electron chi connectivity index (χ0n) is 8.10. The molecule has 11 heavy (non-hydrogen) atoms. The molecular formula is C9H21NS. The molecule has 0 aliphatic heterocycles. The highest BCUT2D eigenvalue weighted by atomic mass is 32.2. The van der Waals surface area contributed by atoms with E-state index in [0.29, 0.717) is 0 Å². The van der Waals surface area contributed by atoms with Gasteiger partial charge in [-0.1, -0.05) is 13.8 Å². The van der Waals surface area contributed by atoms with Crippen molar-refractivity contribution in [3.8, 4) is 0 Å². The van der Waals surface area contributed by atoms with Crippen LogP contribution in [-0.2, 0) is 0 Å². The minimum Gasteiger partial charge on any atom is -0.304 e. The van der Waals surface area contributed by atoms with Crippen molar-refractivity contribution in [1.82, 2.24) is 4.90 Å². The Morgan fingerprint density at radius 3 is 2.36 bits per heavy atom. The first-order valence-electron chi connectivity index (χ1n) is 4.56. The summed E-state index contributed by atoms with van der Waals surface area (Å²) in [5, 5.41) is 0. The normalized spacial score (nSPS) is 10.9. The average molecular weight is 175 g/mol. The SMILES string of the molecule is CCCN(CC)CCCSC. The molecule has 0 aromatic heterocycles. The van der Waals surface area contributed by atoms with Crippen molar-refractivity contribution in [2.24, 2.45) is 0 Å². The highest BCUT2D eigenvalue weighted by Crippen LogP contribution is 1.98. The lowest BCUT2D eigenvalue weighted by Gasteiger charge is -2.18. The summed E-state index contributed by atoms with van der Waals surface area (Å²) >= 11 is 1.95. The molecule has 0 N–H and O–H groups in total. The van der Waals surface area contributed by atoms with E-state index in [1.54, 1.807) is 0 Å². The fourth-order valence-corrected chi connectivity index (χ4v) is 1.59. The molecule has 0 radical (unpaired) electrons. The molecule has 0 atom stereocenters. The van der Waals surface area contributed by atoms with Crippen molar-refractivity contribution >= 4 is 11.8 Å². The average Bonchev–Trinajstić information content (AvgIpc) is 2.03. The Morgan fingerprint density at radius 2 is 1.91 bits per heavy atom. The van der Waals surface area contributed by atoms with Crippen molar-refractivity contribution in [2.45, 2.75) is 26.7 Å². The van der Waals surface area contributed by atoms with Crippen LogP contribution in [0.4, 0.5) is 0 Å². The lowest BCUT2D eigenvalue weighted by Crippen LogP contribution is -2.25. The predicted octanol–water partition coefficient (Wildman–Crippen LogP) is 2.47. The molecule has 0 spiro atoms. The van der Waals surface area contributed by atoms with Gasteiger partial charge in [-0.3, -0.25) is 0 Å². The summed E-state index contributed by atoms with van der Waals surface area (Å²) in [7, 11) is 0. The first-order chi connectivity index (χ1) is 5.35. The fraction of sp³-hybridized carbons (Fsp3) is 1.00. The van der Waals surface area contributed by atoms with E-state index < -0.39 is 0 Å². The van der Waals surface area contributed by atoms with Gasteiger partial charge in [-0.2, -0.15) is 11.8 Å². The lowest BCUT2D eigenvalue weighted by atomic mass is 10.3. The Hall–Kier alpha value is 0.310. The topological polar surface area (TPSA) is 3.24 Å². The smallest absolute Gasteiger partial charge is 0.00110 e. The van der Waals surface area contributed by atoms with Gasteiger partial charge in [-0.05, 0) is 44.5 Å². The highest BCUT2D eigenvalue weighted by molar-refractivity contribution is 7.98. The standard InChI is InChI=1S/C9H21NS/c1-4-7-10(5-2)8-6-9-11-3/h4-9H2,1-3H3. The summed E-state index contributed by atoms with van der Waals surface area (Å²) < 4.78 is 0. The third-order valence-electron chi connectivity index (χ3n) is 1.81. The van der Waals surface area contributed by atoms with Gasteiger partial charge in [0.05, 0.1) is 0 Å². The Kier molecular flexibility index (Phi) is 8.64. The fourth-order valence-electron chi connectivity index (χ4n) is 1.18. The van der Waals surface area contributed by atoms with Gasteiger partial charge in [0.1, 0.15) is 0 Å². The van der Waals surface area contributed by atoms with E-state index in [-0.39, 0.29) is 0 Å². The van der Waals surface area contributed by atoms with Crippen LogP contribution < -0.4 is 0 Å². The summed E-state index contributed by atoms with van der Waals surface area (Å²) in [6.45, 7) is 8.25. The molecule has 0 fully saturated rings. The quantitative estimate of drug-likeness (QED) is 0.547. The zero-order chi connectivity index (χ0) is 8.53. The van der Waals surface area contributed by atoms with Crippen molar-refractivity contribution < 1.29 is 0 Å². The number of thioether (sulfide) groups is 1. The number of hydrogen-bond donors (Lipinski definition) is 0. The molecule has 0 saturated heterocycles. The van der Waals surface area contributed by atoms with Crippen LogP contribution in [0.1, 0.15) is 26.7 Å². The van der Waals surface area contributed by atoms with Gasteiger partial charge < -0.3 is 4.90 Å². The van der Waals surface area contributed by atoms with Crippen molar-refractivity contribution in [3.05, 3.63) is 0 Å². The maximum absolute atomic E-state index is 2.52. The number of nitrogens with zero attached hydrogens (tertiary/aromatic N) is 1. The molecule has 0 heterocycles. The summed E-state index contributed by atoms with van der Waals surface area (Å²) in [4.78, 5) is 2.52. The molecule has 0 unspecified atom stereocenters. The Balaban J connectivity index is 3.20. The molecule has 0 saturated carbocycles. The summed E-state index contributed by atoms with van der Waals surface area (Å²) in [5.41, 5.74) is 0. The second-order valence-corrected chi connectivity index (χ2v) is 3.77. The van der Waals surface area contributed by atoms with E-state index in [9.17, 15) is 0 Å². The molecule has 0 aromatic carbocycles. The molecule has 1 nitrogen and oxygen atoms in total. The van der Waals surface area contributed by atoms with E-state index in [1.807, 2.05) is 11.8 Å². The largest absolute Gasteiger partial charge is 0.304 e. The molecule has 0 rings (SSSR count). The molecule has 0 aliphatic carbocycles.